The molecule has 20 aromatic rings. The van der Waals surface area contributed by atoms with E-state index in [4.69, 9.17) is 18.3 Å². The molecule has 0 radical (unpaired) electrons. The van der Waals surface area contributed by atoms with Crippen LogP contribution in [-0.2, 0) is 10.8 Å². The molecule has 0 bridgehead atoms. The highest BCUT2D eigenvalue weighted by Gasteiger charge is 2.48. The number of ether oxygens (including phenoxy) is 2. The fraction of sp³-hybridized carbons (Fsp3) is 0.0427. The predicted molar refractivity (Wildman–Crippen MR) is 509 cm³/mol. The standard InChI is InChI=1S/C117H81FN2O4/c1-6-77-34-60-92(61-35-77)121-94-64-46-83(47-65-94)116(81-42-30-74(3)31-43-81)108-26-12-8-18-96(108)98-68-58-90(72-110(98)116)119(88-52-32-75(4)106(70-88)104-24-16-22-102-100-20-10-14-28-112(100)123-114(102)104)86-54-38-79(39-55-86)80-40-56-87(57-41-80)120(89-53-33-76(5)107(71-89)105-25-17-23-103-101-21-11-15-29-113(101)124-115(103)105)91-59-69-99-97-19-9-13-27-109(97)117(111(99)73-91,82-44-50-85(118)51-45-82)84-48-66-95(67-49-84)122-93-62-36-78(7-2)37-63-93/h6-73H,1-2H2,3-5H3. The third-order valence-electron chi connectivity index (χ3n) is 25.5. The molecule has 7 heteroatoms. The molecule has 0 saturated carbocycles. The van der Waals surface area contributed by atoms with Gasteiger partial charge >= 0.3 is 0 Å². The van der Waals surface area contributed by atoms with Gasteiger partial charge in [-0.1, -0.05) is 286 Å². The van der Waals surface area contributed by atoms with Gasteiger partial charge < -0.3 is 28.1 Å². The van der Waals surface area contributed by atoms with Gasteiger partial charge in [-0.05, 0) is 278 Å². The minimum Gasteiger partial charge on any atom is -0.457 e. The molecule has 124 heavy (non-hydrogen) atoms. The van der Waals surface area contributed by atoms with Crippen molar-refractivity contribution in [3.05, 3.63) is 492 Å². The van der Waals surface area contributed by atoms with Crippen LogP contribution in [0.2, 0.25) is 0 Å². The normalized spacial score (nSPS) is 14.3. The second kappa shape index (κ2) is 30.1. The number of fused-ring (bicyclic) bond motifs is 12. The lowest BCUT2D eigenvalue weighted by Gasteiger charge is -2.35. The Morgan fingerprint density at radius 1 is 0.274 bits per heavy atom. The summed E-state index contributed by atoms with van der Waals surface area (Å²) in [6.45, 7) is 14.4. The monoisotopic (exact) mass is 1600 g/mol. The second-order valence-corrected chi connectivity index (χ2v) is 32.5. The van der Waals surface area contributed by atoms with Crippen molar-refractivity contribution in [1.82, 2.24) is 0 Å². The lowest BCUT2D eigenvalue weighted by molar-refractivity contribution is 0.482. The summed E-state index contributed by atoms with van der Waals surface area (Å²) in [6, 6.07) is 142. The molecule has 0 N–H and O–H groups in total. The molecular formula is C117H81FN2O4. The van der Waals surface area contributed by atoms with Crippen molar-refractivity contribution in [2.45, 2.75) is 31.6 Å². The average molecular weight is 1600 g/mol. The van der Waals surface area contributed by atoms with E-state index in [0.717, 1.165) is 195 Å². The van der Waals surface area contributed by atoms with Crippen molar-refractivity contribution in [3.8, 4) is 78.6 Å². The Morgan fingerprint density at radius 3 is 1.01 bits per heavy atom. The minimum absolute atomic E-state index is 0.307. The molecule has 2 heterocycles. The minimum atomic E-state index is -0.903. The van der Waals surface area contributed by atoms with Crippen LogP contribution in [0.1, 0.15) is 72.3 Å². The zero-order chi connectivity index (χ0) is 83.3. The van der Waals surface area contributed by atoms with Gasteiger partial charge in [0, 0.05) is 66.8 Å². The summed E-state index contributed by atoms with van der Waals surface area (Å²) < 4.78 is 42.2. The van der Waals surface area contributed by atoms with E-state index in [9.17, 15) is 0 Å². The molecule has 6 nitrogen and oxygen atoms in total. The lowest BCUT2D eigenvalue weighted by Crippen LogP contribution is -2.29. The van der Waals surface area contributed by atoms with Crippen molar-refractivity contribution in [3.63, 3.8) is 0 Å². The summed E-state index contributed by atoms with van der Waals surface area (Å²) in [7, 11) is 0. The van der Waals surface area contributed by atoms with E-state index >= 15 is 4.39 Å². The van der Waals surface area contributed by atoms with Crippen LogP contribution in [-0.4, -0.2) is 0 Å². The van der Waals surface area contributed by atoms with Crippen LogP contribution >= 0.6 is 0 Å². The lowest BCUT2D eigenvalue weighted by atomic mass is 9.67. The molecule has 2 atom stereocenters. The summed E-state index contributed by atoms with van der Waals surface area (Å²) in [6.07, 6.45) is 3.67. The first-order chi connectivity index (χ1) is 60.9. The van der Waals surface area contributed by atoms with E-state index in [1.54, 1.807) is 12.1 Å². The van der Waals surface area contributed by atoms with Crippen LogP contribution in [0.15, 0.2) is 422 Å². The van der Waals surface area contributed by atoms with Crippen molar-refractivity contribution in [2.24, 2.45) is 0 Å². The van der Waals surface area contributed by atoms with E-state index in [0.29, 0.717) is 5.75 Å². The molecular weight excluding hydrogens is 1520 g/mol. The van der Waals surface area contributed by atoms with Crippen LogP contribution in [0.5, 0.6) is 23.0 Å². The van der Waals surface area contributed by atoms with E-state index < -0.39 is 10.8 Å². The summed E-state index contributed by atoms with van der Waals surface area (Å²) in [4.78, 5) is 4.80. The topological polar surface area (TPSA) is 51.2 Å². The number of anilines is 6. The second-order valence-electron chi connectivity index (χ2n) is 32.5. The Labute approximate surface area is 719 Å². The summed E-state index contributed by atoms with van der Waals surface area (Å²) in [5.74, 6) is 2.60. The Kier molecular flexibility index (Phi) is 18.1. The maximum Gasteiger partial charge on any atom is 0.143 e. The Morgan fingerprint density at radius 2 is 0.597 bits per heavy atom. The largest absolute Gasteiger partial charge is 0.457 e. The number of aryl methyl sites for hydroxylation is 3. The van der Waals surface area contributed by atoms with Gasteiger partial charge in [0.25, 0.3) is 0 Å². The molecule has 2 aliphatic rings. The van der Waals surface area contributed by atoms with E-state index in [-0.39, 0.29) is 5.82 Å². The molecule has 0 aliphatic heterocycles. The molecule has 22 rings (SSSR count). The van der Waals surface area contributed by atoms with E-state index in [1.807, 2.05) is 103 Å². The van der Waals surface area contributed by atoms with E-state index in [1.165, 1.54) is 27.8 Å². The molecule has 2 aromatic heterocycles. The summed E-state index contributed by atoms with van der Waals surface area (Å²) >= 11 is 0. The average Bonchev–Trinajstić information content (AvgIpc) is 1.53. The van der Waals surface area contributed by atoms with Crippen LogP contribution in [0, 0.1) is 26.6 Å². The van der Waals surface area contributed by atoms with Gasteiger partial charge in [-0.15, -0.1) is 0 Å². The molecule has 0 spiro atoms. The number of hydrogen-bond donors (Lipinski definition) is 0. The Bertz CT molecular complexity index is 7140. The smallest absolute Gasteiger partial charge is 0.143 e. The zero-order valence-corrected chi connectivity index (χ0v) is 68.6. The maximum absolute atomic E-state index is 15.5. The van der Waals surface area contributed by atoms with E-state index in [2.05, 4.69) is 341 Å². The number of hydrogen-bond acceptors (Lipinski definition) is 6. The number of rotatable bonds is 19. The number of furan rings is 2. The number of nitrogens with zero attached hydrogens (tertiary/aromatic N) is 2. The van der Waals surface area contributed by atoms with Gasteiger partial charge in [0.15, 0.2) is 0 Å². The van der Waals surface area contributed by atoms with Crippen molar-refractivity contribution in [1.29, 1.82) is 0 Å². The zero-order valence-electron chi connectivity index (χ0n) is 68.6. The van der Waals surface area contributed by atoms with Gasteiger partial charge in [0.05, 0.1) is 10.8 Å². The highest BCUT2D eigenvalue weighted by molar-refractivity contribution is 6.11. The van der Waals surface area contributed by atoms with Gasteiger partial charge in [0.1, 0.15) is 51.1 Å². The fourth-order valence-corrected chi connectivity index (χ4v) is 19.6. The van der Waals surface area contributed by atoms with Gasteiger partial charge in [0.2, 0.25) is 0 Å². The number of benzene rings is 18. The molecule has 0 fully saturated rings. The van der Waals surface area contributed by atoms with Gasteiger partial charge in [-0.25, -0.2) is 4.39 Å². The summed E-state index contributed by atoms with van der Waals surface area (Å²) in [5, 5.41) is 4.30. The third kappa shape index (κ3) is 12.4. The van der Waals surface area contributed by atoms with Gasteiger partial charge in [-0.2, -0.15) is 0 Å². The third-order valence-corrected chi connectivity index (χ3v) is 25.5. The summed E-state index contributed by atoms with van der Waals surface area (Å²) in [5.41, 5.74) is 32.5. The Hall–Kier alpha value is -15.8. The maximum atomic E-state index is 15.5. The number of halogens is 1. The molecule has 590 valence electrons. The predicted octanol–water partition coefficient (Wildman–Crippen LogP) is 32.1. The SMILES string of the molecule is C=Cc1ccc(Oc2ccc(C3(c4ccc(C)cc4)c4ccccc4-c4ccc(N(c5ccc(-c6ccc(N(c7ccc(C)c(-c8cccc9c8oc8ccccc89)c7)c7ccc8c(c7)C(c7ccc(F)cc7)(c7ccc(Oc9ccc(C=C)cc9)cc7)c7ccccc7-8)cc6)cc5)c5ccc(C)c(-c6cccc7c6oc6ccccc67)c5)cc43)cc2)cc1. The number of para-hydroxylation sites is 4. The first kappa shape index (κ1) is 74.5. The molecule has 2 unspecified atom stereocenters. The highest BCUT2D eigenvalue weighted by atomic mass is 19.1. The fourth-order valence-electron chi connectivity index (χ4n) is 19.6. The van der Waals surface area contributed by atoms with Crippen LogP contribution in [0.25, 0.3) is 112 Å². The first-order valence-electron chi connectivity index (χ1n) is 42.1. The Balaban J connectivity index is 0.687. The molecule has 2 aliphatic carbocycles. The van der Waals surface area contributed by atoms with Crippen molar-refractivity contribution >= 4 is 90.2 Å². The van der Waals surface area contributed by atoms with Crippen LogP contribution in [0.3, 0.4) is 0 Å². The van der Waals surface area contributed by atoms with Crippen LogP contribution < -0.4 is 19.3 Å². The highest BCUT2D eigenvalue weighted by Crippen LogP contribution is 2.61. The van der Waals surface area contributed by atoms with Crippen LogP contribution in [0.4, 0.5) is 38.5 Å². The molecule has 0 saturated heterocycles. The quantitative estimate of drug-likeness (QED) is 0.0804. The van der Waals surface area contributed by atoms with Gasteiger partial charge in [-0.3, -0.25) is 0 Å². The molecule has 0 amide bonds. The van der Waals surface area contributed by atoms with Crippen molar-refractivity contribution < 1.29 is 22.7 Å². The first-order valence-corrected chi connectivity index (χ1v) is 42.1. The van der Waals surface area contributed by atoms with Crippen molar-refractivity contribution in [2.75, 3.05) is 9.80 Å². The molecule has 18 aromatic carbocycles.